The van der Waals surface area contributed by atoms with E-state index in [9.17, 15) is 4.79 Å². The molecule has 0 aliphatic rings. The van der Waals surface area contributed by atoms with E-state index in [0.717, 1.165) is 0 Å². The van der Waals surface area contributed by atoms with Gasteiger partial charge >= 0.3 is 43.7 Å². The maximum Gasteiger partial charge on any atom is 2.00 e. The Morgan fingerprint density at radius 2 is 1.89 bits per heavy atom. The molecule has 0 fully saturated rings. The van der Waals surface area contributed by atoms with Gasteiger partial charge in [-0.3, -0.25) is 4.79 Å². The molecule has 0 saturated heterocycles. The minimum Gasteiger partial charge on any atom is -0.481 e. The van der Waals surface area contributed by atoms with E-state index in [4.69, 9.17) is 10.2 Å². The number of carboxylic acids is 1. The second kappa shape index (κ2) is 4.50. The zero-order valence-corrected chi connectivity index (χ0v) is 7.93. The normalized spacial score (nSPS) is 10.1. The van der Waals surface area contributed by atoms with E-state index in [1.165, 1.54) is 13.8 Å². The van der Waals surface area contributed by atoms with Crippen molar-refractivity contribution in [1.82, 2.24) is 0 Å². The Morgan fingerprint density at radius 3 is 1.89 bits per heavy atom. The second-order valence-electron chi connectivity index (χ2n) is 2.38. The van der Waals surface area contributed by atoms with Crippen molar-refractivity contribution in [2.75, 3.05) is 0 Å². The summed E-state index contributed by atoms with van der Waals surface area (Å²) in [6, 6.07) is 0. The summed E-state index contributed by atoms with van der Waals surface area (Å²) in [6.45, 7) is 2.92. The third kappa shape index (κ3) is 12.0. The minimum atomic E-state index is -1.08. The quantitative estimate of drug-likeness (QED) is 0.549. The van der Waals surface area contributed by atoms with Gasteiger partial charge in [0.1, 0.15) is 0 Å². The van der Waals surface area contributed by atoms with E-state index in [2.05, 4.69) is 0 Å². The molecule has 0 rings (SSSR count). The van der Waals surface area contributed by atoms with Crippen molar-refractivity contribution >= 4 is 43.7 Å². The van der Waals surface area contributed by atoms with Gasteiger partial charge < -0.3 is 10.2 Å². The van der Waals surface area contributed by atoms with Crippen molar-refractivity contribution in [1.29, 1.82) is 0 Å². The van der Waals surface area contributed by atoms with Gasteiger partial charge in [-0.05, 0) is 13.8 Å². The molecule has 4 heteroatoms. The largest absolute Gasteiger partial charge is 2.00 e. The van der Waals surface area contributed by atoms with E-state index in [0.29, 0.717) is 0 Å². The molecule has 0 aliphatic heterocycles. The summed E-state index contributed by atoms with van der Waals surface area (Å²) in [4.78, 5) is 9.85. The zero-order valence-electron chi connectivity index (χ0n) is 5.72. The second-order valence-corrected chi connectivity index (χ2v) is 2.38. The fourth-order valence-electron chi connectivity index (χ4n) is 0.370. The SMILES string of the molecule is CC(C)(O)CC(=O)O.[Ca+2]. The van der Waals surface area contributed by atoms with Crippen molar-refractivity contribution in [2.24, 2.45) is 0 Å². The Balaban J connectivity index is 0. The van der Waals surface area contributed by atoms with Crippen molar-refractivity contribution < 1.29 is 15.0 Å². The first-order valence-corrected chi connectivity index (χ1v) is 2.36. The maximum absolute atomic E-state index is 9.85. The number of hydrogen-bond acceptors (Lipinski definition) is 2. The standard InChI is InChI=1S/C5H10O3.Ca/c1-5(2,8)3-4(6)7;/h8H,3H2,1-2H3,(H,6,7);/q;+2. The molecule has 0 aromatic heterocycles. The Bertz CT molecular complexity index is 94.9. The van der Waals surface area contributed by atoms with Crippen LogP contribution in [0.2, 0.25) is 0 Å². The Kier molecular flexibility index (Phi) is 6.18. The van der Waals surface area contributed by atoms with Gasteiger partial charge in [0.15, 0.2) is 0 Å². The molecule has 0 radical (unpaired) electrons. The van der Waals surface area contributed by atoms with Gasteiger partial charge in [0.2, 0.25) is 0 Å². The zero-order chi connectivity index (χ0) is 6.78. The van der Waals surface area contributed by atoms with Gasteiger partial charge in [-0.2, -0.15) is 0 Å². The van der Waals surface area contributed by atoms with Crippen LogP contribution < -0.4 is 0 Å². The van der Waals surface area contributed by atoms with Crippen molar-refractivity contribution in [3.8, 4) is 0 Å². The van der Waals surface area contributed by atoms with E-state index in [-0.39, 0.29) is 44.2 Å². The molecule has 3 nitrogen and oxygen atoms in total. The number of aliphatic hydroxyl groups is 1. The smallest absolute Gasteiger partial charge is 0.481 e. The van der Waals surface area contributed by atoms with Crippen LogP contribution in [-0.2, 0) is 4.79 Å². The third-order valence-corrected chi connectivity index (χ3v) is 0.584. The number of hydrogen-bond donors (Lipinski definition) is 2. The Labute approximate surface area is 84.1 Å². The molecule has 0 unspecified atom stereocenters. The van der Waals surface area contributed by atoms with Crippen LogP contribution >= 0.6 is 0 Å². The van der Waals surface area contributed by atoms with Crippen molar-refractivity contribution in [2.45, 2.75) is 25.9 Å². The van der Waals surface area contributed by atoms with Gasteiger partial charge in [0.05, 0.1) is 12.0 Å². The molecule has 0 aromatic rings. The third-order valence-electron chi connectivity index (χ3n) is 0.584. The predicted octanol–water partition coefficient (Wildman–Crippen LogP) is -0.149. The van der Waals surface area contributed by atoms with Crippen molar-refractivity contribution in [3.05, 3.63) is 0 Å². The molecule has 0 saturated carbocycles. The molecule has 0 aromatic carbocycles. The monoisotopic (exact) mass is 158 g/mol. The molecular formula is C5H10CaO3+2. The first-order chi connectivity index (χ1) is 3.42. The van der Waals surface area contributed by atoms with Gasteiger partial charge in [-0.25, -0.2) is 0 Å². The average molecular weight is 158 g/mol. The molecular weight excluding hydrogens is 148 g/mol. The fourth-order valence-corrected chi connectivity index (χ4v) is 0.370. The van der Waals surface area contributed by atoms with Gasteiger partial charge in [0, 0.05) is 0 Å². The maximum atomic E-state index is 9.85. The Morgan fingerprint density at radius 1 is 1.56 bits per heavy atom. The summed E-state index contributed by atoms with van der Waals surface area (Å²) in [5.74, 6) is -0.975. The van der Waals surface area contributed by atoms with Crippen molar-refractivity contribution in [3.63, 3.8) is 0 Å². The van der Waals surface area contributed by atoms with Gasteiger partial charge in [-0.15, -0.1) is 0 Å². The molecule has 0 atom stereocenters. The van der Waals surface area contributed by atoms with Crippen LogP contribution in [0, 0.1) is 0 Å². The predicted molar refractivity (Wildman–Crippen MR) is 34.3 cm³/mol. The van der Waals surface area contributed by atoms with Crippen LogP contribution in [0.1, 0.15) is 20.3 Å². The van der Waals surface area contributed by atoms with Gasteiger partial charge in [0.25, 0.3) is 0 Å². The summed E-state index contributed by atoms with van der Waals surface area (Å²) in [5, 5.41) is 16.9. The Hall–Kier alpha value is 0.690. The summed E-state index contributed by atoms with van der Waals surface area (Å²) < 4.78 is 0. The average Bonchev–Trinajstić information content (AvgIpc) is 1.21. The van der Waals surface area contributed by atoms with E-state index < -0.39 is 11.6 Å². The van der Waals surface area contributed by atoms with Crippen LogP contribution in [-0.4, -0.2) is 59.5 Å². The molecule has 0 bridgehead atoms. The summed E-state index contributed by atoms with van der Waals surface area (Å²) >= 11 is 0. The molecule has 9 heavy (non-hydrogen) atoms. The molecule has 0 heterocycles. The number of carbonyl (C=O) groups is 1. The van der Waals surface area contributed by atoms with E-state index in [1.54, 1.807) is 0 Å². The van der Waals surface area contributed by atoms with Crippen LogP contribution in [0.25, 0.3) is 0 Å². The minimum absolute atomic E-state index is 0. The van der Waals surface area contributed by atoms with Gasteiger partial charge in [-0.1, -0.05) is 0 Å². The molecule has 2 N–H and O–H groups in total. The molecule has 0 aliphatic carbocycles. The summed E-state index contributed by atoms with van der Waals surface area (Å²) in [5.41, 5.74) is -1.08. The summed E-state index contributed by atoms with van der Waals surface area (Å²) in [6.07, 6.45) is -0.201. The number of aliphatic carboxylic acids is 1. The van der Waals surface area contributed by atoms with Crippen LogP contribution in [0.5, 0.6) is 0 Å². The van der Waals surface area contributed by atoms with E-state index in [1.807, 2.05) is 0 Å². The number of rotatable bonds is 2. The first-order valence-electron chi connectivity index (χ1n) is 2.36. The van der Waals surface area contributed by atoms with Crippen LogP contribution in [0.4, 0.5) is 0 Å². The van der Waals surface area contributed by atoms with Crippen LogP contribution in [0.3, 0.4) is 0 Å². The van der Waals surface area contributed by atoms with E-state index >= 15 is 0 Å². The number of carboxylic acid groups (broad SMARTS) is 1. The first kappa shape index (κ1) is 12.4. The molecule has 0 spiro atoms. The summed E-state index contributed by atoms with van der Waals surface area (Å²) in [7, 11) is 0. The fraction of sp³-hybridized carbons (Fsp3) is 0.800. The topological polar surface area (TPSA) is 57.5 Å². The van der Waals surface area contributed by atoms with Crippen LogP contribution in [0.15, 0.2) is 0 Å². The molecule has 0 amide bonds. The molecule has 48 valence electrons.